The van der Waals surface area contributed by atoms with Crippen LogP contribution in [-0.2, 0) is 0 Å². The first-order valence-corrected chi connectivity index (χ1v) is 6.01. The van der Waals surface area contributed by atoms with Gasteiger partial charge in [-0.05, 0) is 37.5 Å². The van der Waals surface area contributed by atoms with E-state index in [1.807, 2.05) is 18.2 Å². The third kappa shape index (κ3) is 2.75. The molecule has 2 aromatic heterocycles. The highest BCUT2D eigenvalue weighted by Crippen LogP contribution is 2.08. The zero-order valence-corrected chi connectivity index (χ0v) is 10.7. The molecule has 1 amide bonds. The minimum atomic E-state index is -0.308. The van der Waals surface area contributed by atoms with Gasteiger partial charge in [0.05, 0.1) is 17.1 Å². The van der Waals surface area contributed by atoms with Crippen LogP contribution < -0.4 is 5.43 Å². The molecule has 2 aromatic rings. The lowest BCUT2D eigenvalue weighted by molar-refractivity contribution is 0.0958. The number of carbonyl (C=O) groups excluding carboxylic acids is 1. The van der Waals surface area contributed by atoms with Crippen LogP contribution in [0.25, 0.3) is 0 Å². The average Bonchev–Trinajstić information content (AvgIpc) is 2.83. The molecule has 7 heteroatoms. The lowest BCUT2D eigenvalue weighted by atomic mass is 10.3. The summed E-state index contributed by atoms with van der Waals surface area (Å²) < 4.78 is 3.70. The normalized spacial score (nSPS) is 11.3. The monoisotopic (exact) mass is 261 g/mol. The molecule has 0 aliphatic carbocycles. The fourth-order valence-corrected chi connectivity index (χ4v) is 1.81. The number of rotatable bonds is 3. The fourth-order valence-electron chi connectivity index (χ4n) is 1.26. The van der Waals surface area contributed by atoms with E-state index >= 15 is 0 Å². The Morgan fingerprint density at radius 3 is 2.89 bits per heavy atom. The number of hydrazone groups is 1. The molecule has 0 aliphatic rings. The third-order valence-corrected chi connectivity index (χ3v) is 3.05. The molecule has 92 valence electrons. The van der Waals surface area contributed by atoms with Crippen LogP contribution in [0.4, 0.5) is 0 Å². The lowest BCUT2D eigenvalue weighted by Gasteiger charge is -2.00. The molecule has 0 saturated heterocycles. The molecule has 6 nitrogen and oxygen atoms in total. The minimum Gasteiger partial charge on any atom is -0.266 e. The molecule has 0 atom stereocenters. The summed E-state index contributed by atoms with van der Waals surface area (Å²) in [5.74, 6) is -0.308. The lowest BCUT2D eigenvalue weighted by Crippen LogP contribution is -2.19. The highest BCUT2D eigenvalue weighted by Gasteiger charge is 2.12. The maximum absolute atomic E-state index is 11.8. The number of pyridine rings is 1. The second-order valence-electron chi connectivity index (χ2n) is 3.54. The molecule has 18 heavy (non-hydrogen) atoms. The van der Waals surface area contributed by atoms with Gasteiger partial charge in [0.1, 0.15) is 4.88 Å². The van der Waals surface area contributed by atoms with E-state index in [0.717, 1.165) is 17.2 Å². The Bertz CT molecular complexity index is 578. The predicted molar refractivity (Wildman–Crippen MR) is 68.6 cm³/mol. The Labute approximate surface area is 108 Å². The number of nitrogens with one attached hydrogen (secondary N) is 1. The third-order valence-electron chi connectivity index (χ3n) is 2.22. The van der Waals surface area contributed by atoms with Gasteiger partial charge in [0.2, 0.25) is 0 Å². The van der Waals surface area contributed by atoms with Crippen molar-refractivity contribution in [2.45, 2.75) is 13.8 Å². The van der Waals surface area contributed by atoms with Gasteiger partial charge in [-0.1, -0.05) is 10.6 Å². The van der Waals surface area contributed by atoms with Crippen LogP contribution in [0.5, 0.6) is 0 Å². The van der Waals surface area contributed by atoms with Crippen LogP contribution in [0, 0.1) is 6.92 Å². The topological polar surface area (TPSA) is 80.1 Å². The van der Waals surface area contributed by atoms with Crippen molar-refractivity contribution >= 4 is 23.2 Å². The van der Waals surface area contributed by atoms with Gasteiger partial charge < -0.3 is 0 Å². The summed E-state index contributed by atoms with van der Waals surface area (Å²) in [6, 6.07) is 5.51. The molecule has 0 saturated carbocycles. The highest BCUT2D eigenvalue weighted by atomic mass is 32.1. The SMILES string of the molecule is C/C(=N\NC(=O)c1snnc1C)c1ccccn1. The molecule has 0 aliphatic heterocycles. The first kappa shape index (κ1) is 12.3. The first-order chi connectivity index (χ1) is 8.68. The molecule has 0 radical (unpaired) electrons. The van der Waals surface area contributed by atoms with Crippen molar-refractivity contribution in [3.8, 4) is 0 Å². The van der Waals surface area contributed by atoms with Gasteiger partial charge in [0, 0.05) is 6.20 Å². The van der Waals surface area contributed by atoms with Gasteiger partial charge in [0.25, 0.3) is 5.91 Å². The van der Waals surface area contributed by atoms with Crippen LogP contribution in [0.1, 0.15) is 28.0 Å². The van der Waals surface area contributed by atoms with Crippen LogP contribution in [0.3, 0.4) is 0 Å². The van der Waals surface area contributed by atoms with Crippen molar-refractivity contribution in [3.63, 3.8) is 0 Å². The first-order valence-electron chi connectivity index (χ1n) is 5.23. The fraction of sp³-hybridized carbons (Fsp3) is 0.182. The number of aryl methyl sites for hydroxylation is 1. The molecule has 0 fully saturated rings. The van der Waals surface area contributed by atoms with E-state index in [-0.39, 0.29) is 5.91 Å². The minimum absolute atomic E-state index is 0.308. The van der Waals surface area contributed by atoms with Gasteiger partial charge in [-0.2, -0.15) is 5.10 Å². The molecular formula is C11H11N5OS. The van der Waals surface area contributed by atoms with Crippen LogP contribution >= 0.6 is 11.5 Å². The Morgan fingerprint density at radius 2 is 2.28 bits per heavy atom. The summed E-state index contributed by atoms with van der Waals surface area (Å²) in [6.45, 7) is 3.51. The van der Waals surface area contributed by atoms with E-state index in [4.69, 9.17) is 0 Å². The van der Waals surface area contributed by atoms with E-state index < -0.39 is 0 Å². The standard InChI is InChI=1S/C11H11N5OS/c1-7(9-5-3-4-6-12-9)13-15-11(17)10-8(2)14-16-18-10/h3-6H,1-2H3,(H,15,17)/b13-7+. The highest BCUT2D eigenvalue weighted by molar-refractivity contribution is 7.07. The largest absolute Gasteiger partial charge is 0.285 e. The van der Waals surface area contributed by atoms with E-state index in [2.05, 4.69) is 25.1 Å². The summed E-state index contributed by atoms with van der Waals surface area (Å²) in [7, 11) is 0. The van der Waals surface area contributed by atoms with Gasteiger partial charge in [-0.3, -0.25) is 9.78 Å². The zero-order valence-electron chi connectivity index (χ0n) is 9.91. The van der Waals surface area contributed by atoms with Crippen LogP contribution in [0.2, 0.25) is 0 Å². The number of hydrogen-bond acceptors (Lipinski definition) is 6. The number of hydrogen-bond donors (Lipinski definition) is 1. The molecule has 2 rings (SSSR count). The van der Waals surface area contributed by atoms with Crippen LogP contribution in [-0.4, -0.2) is 26.2 Å². The number of aromatic nitrogens is 3. The second-order valence-corrected chi connectivity index (χ2v) is 4.29. The molecule has 0 unspecified atom stereocenters. The van der Waals surface area contributed by atoms with E-state index in [9.17, 15) is 4.79 Å². The van der Waals surface area contributed by atoms with Crippen molar-refractivity contribution in [2.24, 2.45) is 5.10 Å². The van der Waals surface area contributed by atoms with Gasteiger partial charge in [-0.25, -0.2) is 5.43 Å². The van der Waals surface area contributed by atoms with Crippen molar-refractivity contribution < 1.29 is 4.79 Å². The molecule has 0 bridgehead atoms. The summed E-state index contributed by atoms with van der Waals surface area (Å²) in [6.07, 6.45) is 1.67. The smallest absolute Gasteiger partial charge is 0.266 e. The number of nitrogens with zero attached hydrogens (tertiary/aromatic N) is 4. The van der Waals surface area contributed by atoms with Crippen molar-refractivity contribution in [1.29, 1.82) is 0 Å². The summed E-state index contributed by atoms with van der Waals surface area (Å²) in [5.41, 5.74) is 4.42. The van der Waals surface area contributed by atoms with Gasteiger partial charge >= 0.3 is 0 Å². The summed E-state index contributed by atoms with van der Waals surface area (Å²) >= 11 is 1.05. The Kier molecular flexibility index (Phi) is 3.73. The summed E-state index contributed by atoms with van der Waals surface area (Å²) in [4.78, 5) is 16.4. The molecule has 0 aromatic carbocycles. The van der Waals surface area contributed by atoms with Crippen LogP contribution in [0.15, 0.2) is 29.5 Å². The van der Waals surface area contributed by atoms with Gasteiger partial charge in [0.15, 0.2) is 0 Å². The van der Waals surface area contributed by atoms with Crippen molar-refractivity contribution in [2.75, 3.05) is 0 Å². The second kappa shape index (κ2) is 5.46. The molecular weight excluding hydrogens is 250 g/mol. The average molecular weight is 261 g/mol. The van der Waals surface area contributed by atoms with Gasteiger partial charge in [-0.15, -0.1) is 5.10 Å². The Hall–Kier alpha value is -2.15. The predicted octanol–water partition coefficient (Wildman–Crippen LogP) is 1.40. The molecule has 0 spiro atoms. The number of amides is 1. The van der Waals surface area contributed by atoms with E-state index in [1.54, 1.807) is 20.0 Å². The quantitative estimate of drug-likeness (QED) is 0.669. The Morgan fingerprint density at radius 1 is 1.44 bits per heavy atom. The van der Waals surface area contributed by atoms with E-state index in [0.29, 0.717) is 16.3 Å². The maximum atomic E-state index is 11.8. The van der Waals surface area contributed by atoms with Crippen molar-refractivity contribution in [3.05, 3.63) is 40.7 Å². The maximum Gasteiger partial charge on any atom is 0.285 e. The van der Waals surface area contributed by atoms with E-state index in [1.165, 1.54) is 0 Å². The Balaban J connectivity index is 2.08. The van der Waals surface area contributed by atoms with Crippen molar-refractivity contribution in [1.82, 2.24) is 20.0 Å². The summed E-state index contributed by atoms with van der Waals surface area (Å²) in [5, 5.41) is 7.77. The molecule has 1 N–H and O–H groups in total. The zero-order chi connectivity index (χ0) is 13.0. The molecule has 2 heterocycles. The number of carbonyl (C=O) groups is 1.